The van der Waals surface area contributed by atoms with Gasteiger partial charge in [-0.25, -0.2) is 4.79 Å². The van der Waals surface area contributed by atoms with Gasteiger partial charge in [-0.2, -0.15) is 0 Å². The molecule has 1 aromatic carbocycles. The van der Waals surface area contributed by atoms with Crippen LogP contribution in [0.5, 0.6) is 0 Å². The maximum atomic E-state index is 12.8. The van der Waals surface area contributed by atoms with E-state index in [1.807, 2.05) is 47.6 Å². The lowest BCUT2D eigenvalue weighted by atomic mass is 10.1. The van der Waals surface area contributed by atoms with Crippen LogP contribution < -0.4 is 10.2 Å². The number of nitrogens with zero attached hydrogens (tertiary/aromatic N) is 3. The fourth-order valence-corrected chi connectivity index (χ4v) is 4.15. The van der Waals surface area contributed by atoms with Crippen LogP contribution in [0.4, 0.5) is 10.5 Å². The number of aromatic nitrogens is 1. The summed E-state index contributed by atoms with van der Waals surface area (Å²) in [6.07, 6.45) is 4.64. The van der Waals surface area contributed by atoms with Gasteiger partial charge in [0, 0.05) is 50.7 Å². The van der Waals surface area contributed by atoms with E-state index in [0.29, 0.717) is 13.0 Å². The summed E-state index contributed by atoms with van der Waals surface area (Å²) in [6.45, 7) is 5.16. The Morgan fingerprint density at radius 1 is 1.19 bits per heavy atom. The quantitative estimate of drug-likeness (QED) is 0.856. The average molecular weight is 366 g/mol. The van der Waals surface area contributed by atoms with Gasteiger partial charge >= 0.3 is 6.03 Å². The normalized spacial score (nSPS) is 22.3. The second kappa shape index (κ2) is 7.56. The highest BCUT2D eigenvalue weighted by molar-refractivity contribution is 5.75. The Morgan fingerprint density at radius 2 is 2.04 bits per heavy atom. The number of anilines is 1. The molecule has 0 bridgehead atoms. The number of hydrogen-bond acceptors (Lipinski definition) is 4. The average Bonchev–Trinajstić information content (AvgIpc) is 2.84. The van der Waals surface area contributed by atoms with Crippen LogP contribution in [-0.4, -0.2) is 53.3 Å². The molecule has 1 aromatic heterocycles. The SMILES string of the molecule is Cc1cnccc1N1CCCN(C(=O)NC2c3ccccc3CC2O)CC1. The number of nitrogens with one attached hydrogen (secondary N) is 1. The van der Waals surface area contributed by atoms with Gasteiger partial charge in [-0.1, -0.05) is 24.3 Å². The molecule has 2 N–H and O–H groups in total. The first kappa shape index (κ1) is 17.8. The number of amides is 2. The molecule has 0 saturated carbocycles. The molecule has 2 aliphatic rings. The Kier molecular flexibility index (Phi) is 4.99. The molecule has 2 amide bonds. The minimum Gasteiger partial charge on any atom is -0.390 e. The van der Waals surface area contributed by atoms with E-state index in [1.54, 1.807) is 0 Å². The minimum absolute atomic E-state index is 0.0935. The van der Waals surface area contributed by atoms with Crippen LogP contribution >= 0.6 is 0 Å². The number of urea groups is 1. The van der Waals surface area contributed by atoms with Gasteiger partial charge in [0.2, 0.25) is 0 Å². The summed E-state index contributed by atoms with van der Waals surface area (Å²) in [7, 11) is 0. The van der Waals surface area contributed by atoms with Crippen molar-refractivity contribution >= 4 is 11.7 Å². The maximum absolute atomic E-state index is 12.8. The van der Waals surface area contributed by atoms with Gasteiger partial charge in [0.15, 0.2) is 0 Å². The Hall–Kier alpha value is -2.60. The monoisotopic (exact) mass is 366 g/mol. The predicted molar refractivity (Wildman–Crippen MR) is 105 cm³/mol. The smallest absolute Gasteiger partial charge is 0.318 e. The molecule has 0 radical (unpaired) electrons. The summed E-state index contributed by atoms with van der Waals surface area (Å²) < 4.78 is 0. The van der Waals surface area contributed by atoms with Crippen LogP contribution in [0.15, 0.2) is 42.7 Å². The number of aliphatic hydroxyl groups excluding tert-OH is 1. The van der Waals surface area contributed by atoms with Gasteiger partial charge in [0.05, 0.1) is 12.1 Å². The van der Waals surface area contributed by atoms with E-state index in [1.165, 1.54) is 5.69 Å². The molecule has 1 fully saturated rings. The van der Waals surface area contributed by atoms with E-state index in [9.17, 15) is 9.90 Å². The van der Waals surface area contributed by atoms with E-state index in [-0.39, 0.29) is 12.1 Å². The van der Waals surface area contributed by atoms with Crippen molar-refractivity contribution in [2.45, 2.75) is 31.9 Å². The number of benzene rings is 1. The highest BCUT2D eigenvalue weighted by Crippen LogP contribution is 2.31. The molecule has 4 rings (SSSR count). The van der Waals surface area contributed by atoms with Gasteiger partial charge in [-0.15, -0.1) is 0 Å². The fraction of sp³-hybridized carbons (Fsp3) is 0.429. The van der Waals surface area contributed by atoms with Crippen molar-refractivity contribution in [3.8, 4) is 0 Å². The largest absolute Gasteiger partial charge is 0.390 e. The highest BCUT2D eigenvalue weighted by Gasteiger charge is 2.33. The van der Waals surface area contributed by atoms with Crippen molar-refractivity contribution in [1.29, 1.82) is 0 Å². The number of rotatable bonds is 2. The van der Waals surface area contributed by atoms with Crippen LogP contribution in [0.25, 0.3) is 0 Å². The Labute approximate surface area is 159 Å². The maximum Gasteiger partial charge on any atom is 0.318 e. The van der Waals surface area contributed by atoms with Crippen molar-refractivity contribution in [2.75, 3.05) is 31.1 Å². The van der Waals surface area contributed by atoms with Gasteiger partial charge in [-0.3, -0.25) is 4.98 Å². The molecule has 2 aromatic rings. The summed E-state index contributed by atoms with van der Waals surface area (Å²) in [5.74, 6) is 0. The van der Waals surface area contributed by atoms with Crippen LogP contribution in [0.3, 0.4) is 0 Å². The molecule has 142 valence electrons. The molecule has 2 heterocycles. The standard InChI is InChI=1S/C21H26N4O2/c1-15-14-22-8-7-18(15)24-9-4-10-25(12-11-24)21(27)23-20-17-6-3-2-5-16(17)13-19(20)26/h2-3,5-8,14,19-20,26H,4,9-13H2,1H3,(H,23,27). The van der Waals surface area contributed by atoms with Crippen LogP contribution in [0.2, 0.25) is 0 Å². The number of carbonyl (C=O) groups excluding carboxylic acids is 1. The van der Waals surface area contributed by atoms with Crippen LogP contribution in [-0.2, 0) is 6.42 Å². The predicted octanol–water partition coefficient (Wildman–Crippen LogP) is 2.27. The first-order chi connectivity index (χ1) is 13.1. The van der Waals surface area contributed by atoms with Crippen molar-refractivity contribution < 1.29 is 9.90 Å². The van der Waals surface area contributed by atoms with Crippen LogP contribution in [0.1, 0.15) is 29.2 Å². The molecule has 0 spiro atoms. The highest BCUT2D eigenvalue weighted by atomic mass is 16.3. The summed E-state index contributed by atoms with van der Waals surface area (Å²) in [5, 5.41) is 13.4. The second-order valence-electron chi connectivity index (χ2n) is 7.39. The molecule has 2 atom stereocenters. The van der Waals surface area contributed by atoms with Crippen molar-refractivity contribution in [2.24, 2.45) is 0 Å². The molecular weight excluding hydrogens is 340 g/mol. The molecule has 6 heteroatoms. The van der Waals surface area contributed by atoms with E-state index in [4.69, 9.17) is 0 Å². The molecular formula is C21H26N4O2. The third kappa shape index (κ3) is 3.62. The van der Waals surface area contributed by atoms with E-state index < -0.39 is 6.10 Å². The first-order valence-corrected chi connectivity index (χ1v) is 9.60. The summed E-state index contributed by atoms with van der Waals surface area (Å²) in [5.41, 5.74) is 4.49. The zero-order chi connectivity index (χ0) is 18.8. The lowest BCUT2D eigenvalue weighted by Gasteiger charge is -2.26. The zero-order valence-electron chi connectivity index (χ0n) is 15.6. The Balaban J connectivity index is 1.41. The van der Waals surface area contributed by atoms with E-state index in [0.717, 1.165) is 42.7 Å². The Bertz CT molecular complexity index is 825. The third-order valence-corrected chi connectivity index (χ3v) is 5.60. The number of carbonyl (C=O) groups is 1. The summed E-state index contributed by atoms with van der Waals surface area (Å²) in [6, 6.07) is 9.56. The number of pyridine rings is 1. The summed E-state index contributed by atoms with van der Waals surface area (Å²) in [4.78, 5) is 21.2. The number of aliphatic hydroxyl groups is 1. The lowest BCUT2D eigenvalue weighted by molar-refractivity contribution is 0.134. The first-order valence-electron chi connectivity index (χ1n) is 9.60. The zero-order valence-corrected chi connectivity index (χ0v) is 15.6. The Morgan fingerprint density at radius 3 is 2.89 bits per heavy atom. The third-order valence-electron chi connectivity index (χ3n) is 5.60. The van der Waals surface area contributed by atoms with Gasteiger partial charge in [0.1, 0.15) is 0 Å². The molecule has 1 aliphatic carbocycles. The molecule has 2 unspecified atom stereocenters. The molecule has 6 nitrogen and oxygen atoms in total. The van der Waals surface area contributed by atoms with Crippen molar-refractivity contribution in [3.05, 3.63) is 59.4 Å². The van der Waals surface area contributed by atoms with Crippen LogP contribution in [0, 0.1) is 6.92 Å². The number of hydrogen-bond donors (Lipinski definition) is 2. The summed E-state index contributed by atoms with van der Waals surface area (Å²) >= 11 is 0. The molecule has 1 saturated heterocycles. The minimum atomic E-state index is -0.561. The molecule has 1 aliphatic heterocycles. The van der Waals surface area contributed by atoms with E-state index in [2.05, 4.69) is 22.1 Å². The van der Waals surface area contributed by atoms with Gasteiger partial charge < -0.3 is 20.2 Å². The number of fused-ring (bicyclic) bond motifs is 1. The van der Waals surface area contributed by atoms with Crippen molar-refractivity contribution in [3.63, 3.8) is 0 Å². The lowest BCUT2D eigenvalue weighted by Crippen LogP contribution is -2.45. The van der Waals surface area contributed by atoms with Crippen molar-refractivity contribution in [1.82, 2.24) is 15.2 Å². The van der Waals surface area contributed by atoms with Gasteiger partial charge in [0.25, 0.3) is 0 Å². The number of aryl methyl sites for hydroxylation is 1. The fourth-order valence-electron chi connectivity index (χ4n) is 4.15. The van der Waals surface area contributed by atoms with E-state index >= 15 is 0 Å². The topological polar surface area (TPSA) is 68.7 Å². The molecule has 27 heavy (non-hydrogen) atoms. The van der Waals surface area contributed by atoms with Gasteiger partial charge in [-0.05, 0) is 36.1 Å². The second-order valence-corrected chi connectivity index (χ2v) is 7.39.